The van der Waals surface area contributed by atoms with Crippen molar-refractivity contribution in [3.8, 4) is 0 Å². The van der Waals surface area contributed by atoms with Gasteiger partial charge in [0.1, 0.15) is 5.82 Å². The minimum absolute atomic E-state index is 0.0148. The average Bonchev–Trinajstić information content (AvgIpc) is 3.32. The molecular formula is C21H24N4O2. The van der Waals surface area contributed by atoms with E-state index in [2.05, 4.69) is 15.0 Å². The van der Waals surface area contributed by atoms with E-state index in [0.29, 0.717) is 5.56 Å². The Morgan fingerprint density at radius 3 is 2.52 bits per heavy atom. The smallest absolute Gasteiger partial charge is 0.168 e. The molecule has 140 valence electrons. The molecule has 3 heterocycles. The van der Waals surface area contributed by atoms with Crippen molar-refractivity contribution in [1.82, 2.24) is 14.6 Å². The molecule has 6 heteroatoms. The predicted molar refractivity (Wildman–Crippen MR) is 104 cm³/mol. The van der Waals surface area contributed by atoms with E-state index in [1.807, 2.05) is 16.6 Å². The first kappa shape index (κ1) is 17.7. The summed E-state index contributed by atoms with van der Waals surface area (Å²) in [4.78, 5) is 19.6. The maximum atomic E-state index is 12.7. The molecule has 1 aromatic carbocycles. The number of fused-ring (bicyclic) bond motifs is 1. The number of Topliss-reactive ketones (excluding diaryl/α,β-unsaturated/α-hetero) is 1. The van der Waals surface area contributed by atoms with Gasteiger partial charge in [-0.3, -0.25) is 4.79 Å². The van der Waals surface area contributed by atoms with Gasteiger partial charge in [0.05, 0.1) is 23.9 Å². The Morgan fingerprint density at radius 1 is 1.15 bits per heavy atom. The highest BCUT2D eigenvalue weighted by atomic mass is 16.3. The van der Waals surface area contributed by atoms with Gasteiger partial charge in [0.15, 0.2) is 11.4 Å². The Morgan fingerprint density at radius 2 is 1.85 bits per heavy atom. The molecule has 27 heavy (non-hydrogen) atoms. The van der Waals surface area contributed by atoms with Gasteiger partial charge in [0, 0.05) is 30.8 Å². The maximum Gasteiger partial charge on any atom is 0.168 e. The lowest BCUT2D eigenvalue weighted by Crippen LogP contribution is -2.22. The van der Waals surface area contributed by atoms with E-state index < -0.39 is 5.60 Å². The number of hydrogen-bond acceptors (Lipinski definition) is 5. The van der Waals surface area contributed by atoms with Crippen LogP contribution in [-0.2, 0) is 12.0 Å². The molecule has 1 saturated heterocycles. The van der Waals surface area contributed by atoms with E-state index >= 15 is 0 Å². The molecule has 0 atom stereocenters. The Bertz CT molecular complexity index is 964. The van der Waals surface area contributed by atoms with Crippen LogP contribution < -0.4 is 4.90 Å². The summed E-state index contributed by atoms with van der Waals surface area (Å²) >= 11 is 0. The number of anilines is 1. The summed E-state index contributed by atoms with van der Waals surface area (Å²) in [6.45, 7) is 5.47. The lowest BCUT2D eigenvalue weighted by molar-refractivity contribution is 0.0784. The Labute approximate surface area is 158 Å². The second-order valence-electron chi connectivity index (χ2n) is 7.64. The fourth-order valence-corrected chi connectivity index (χ4v) is 3.54. The number of carbonyl (C=O) groups is 1. The molecule has 4 rings (SSSR count). The van der Waals surface area contributed by atoms with Crippen LogP contribution in [0.15, 0.2) is 42.6 Å². The van der Waals surface area contributed by atoms with Gasteiger partial charge in [-0.15, -0.1) is 0 Å². The van der Waals surface area contributed by atoms with Gasteiger partial charge in [-0.25, -0.2) is 4.98 Å². The van der Waals surface area contributed by atoms with E-state index in [1.54, 1.807) is 44.3 Å². The van der Waals surface area contributed by atoms with Gasteiger partial charge in [0.2, 0.25) is 0 Å². The topological polar surface area (TPSA) is 70.7 Å². The fraction of sp³-hybridized carbons (Fsp3) is 0.381. The van der Waals surface area contributed by atoms with Gasteiger partial charge in [-0.05, 0) is 32.3 Å². The van der Waals surface area contributed by atoms with Crippen LogP contribution in [0, 0.1) is 0 Å². The number of carbonyl (C=O) groups excluding carboxylic acids is 1. The summed E-state index contributed by atoms with van der Waals surface area (Å²) in [5.41, 5.74) is 2.01. The molecule has 0 amide bonds. The Balaban J connectivity index is 1.60. The van der Waals surface area contributed by atoms with Crippen molar-refractivity contribution in [1.29, 1.82) is 0 Å². The third-order valence-corrected chi connectivity index (χ3v) is 5.08. The van der Waals surface area contributed by atoms with Crippen molar-refractivity contribution in [3.05, 3.63) is 59.4 Å². The third kappa shape index (κ3) is 3.57. The standard InChI is InChI=1S/C21H24N4O2/c1-21(2,27)16-7-5-15(6-8-16)18(26)13-17-14-20(24-11-3-4-12-24)25-19(23-17)9-10-22-25/h5-10,14,27H,3-4,11-13H2,1-2H3. The van der Waals surface area contributed by atoms with Crippen LogP contribution in [0.1, 0.15) is 48.3 Å². The molecule has 1 aliphatic heterocycles. The van der Waals surface area contributed by atoms with Gasteiger partial charge in [-0.1, -0.05) is 24.3 Å². The van der Waals surface area contributed by atoms with Crippen LogP contribution in [0.2, 0.25) is 0 Å². The highest BCUT2D eigenvalue weighted by Gasteiger charge is 2.19. The van der Waals surface area contributed by atoms with Crippen LogP contribution in [0.5, 0.6) is 0 Å². The molecule has 0 saturated carbocycles. The van der Waals surface area contributed by atoms with Crippen LogP contribution >= 0.6 is 0 Å². The van der Waals surface area contributed by atoms with E-state index in [4.69, 9.17) is 0 Å². The second kappa shape index (κ2) is 6.78. The molecule has 0 aliphatic carbocycles. The van der Waals surface area contributed by atoms with E-state index in [9.17, 15) is 9.90 Å². The minimum Gasteiger partial charge on any atom is -0.386 e. The SMILES string of the molecule is CC(C)(O)c1ccc(C(=O)Cc2cc(N3CCCC3)n3nccc3n2)cc1. The summed E-state index contributed by atoms with van der Waals surface area (Å²) in [6, 6.07) is 11.0. The molecule has 1 N–H and O–H groups in total. The zero-order valence-electron chi connectivity index (χ0n) is 15.7. The number of hydrogen-bond donors (Lipinski definition) is 1. The first-order valence-corrected chi connectivity index (χ1v) is 9.36. The number of rotatable bonds is 5. The lowest BCUT2D eigenvalue weighted by atomic mass is 9.96. The van der Waals surface area contributed by atoms with Crippen molar-refractivity contribution in [2.75, 3.05) is 18.0 Å². The van der Waals surface area contributed by atoms with Gasteiger partial charge >= 0.3 is 0 Å². The largest absolute Gasteiger partial charge is 0.386 e. The molecular weight excluding hydrogens is 340 g/mol. The summed E-state index contributed by atoms with van der Waals surface area (Å²) in [7, 11) is 0. The summed E-state index contributed by atoms with van der Waals surface area (Å²) in [6.07, 6.45) is 4.33. The summed E-state index contributed by atoms with van der Waals surface area (Å²) < 4.78 is 1.84. The van der Waals surface area contributed by atoms with Gasteiger partial charge < -0.3 is 10.0 Å². The van der Waals surface area contributed by atoms with E-state index in [-0.39, 0.29) is 12.2 Å². The van der Waals surface area contributed by atoms with Crippen molar-refractivity contribution in [2.45, 2.75) is 38.7 Å². The third-order valence-electron chi connectivity index (χ3n) is 5.08. The normalized spacial score (nSPS) is 14.9. The maximum absolute atomic E-state index is 12.7. The Kier molecular flexibility index (Phi) is 4.44. The van der Waals surface area contributed by atoms with Crippen LogP contribution in [0.4, 0.5) is 5.82 Å². The molecule has 0 spiro atoms. The average molecular weight is 364 g/mol. The van der Waals surface area contributed by atoms with Crippen molar-refractivity contribution < 1.29 is 9.90 Å². The molecule has 2 aromatic heterocycles. The zero-order valence-corrected chi connectivity index (χ0v) is 15.7. The molecule has 0 bridgehead atoms. The number of nitrogens with zero attached hydrogens (tertiary/aromatic N) is 4. The number of benzene rings is 1. The van der Waals surface area contributed by atoms with Crippen molar-refractivity contribution >= 4 is 17.2 Å². The van der Waals surface area contributed by atoms with Crippen LogP contribution in [-0.4, -0.2) is 38.6 Å². The summed E-state index contributed by atoms with van der Waals surface area (Å²) in [5.74, 6) is 1.02. The van der Waals surface area contributed by atoms with E-state index in [1.165, 1.54) is 12.8 Å². The summed E-state index contributed by atoms with van der Waals surface area (Å²) in [5, 5.41) is 14.4. The number of ketones is 1. The van der Waals surface area contributed by atoms with Crippen molar-refractivity contribution in [2.24, 2.45) is 0 Å². The number of aliphatic hydroxyl groups is 1. The van der Waals surface area contributed by atoms with E-state index in [0.717, 1.165) is 35.8 Å². The first-order valence-electron chi connectivity index (χ1n) is 9.36. The monoisotopic (exact) mass is 364 g/mol. The molecule has 0 radical (unpaired) electrons. The van der Waals surface area contributed by atoms with Crippen LogP contribution in [0.25, 0.3) is 5.65 Å². The van der Waals surface area contributed by atoms with Crippen molar-refractivity contribution in [3.63, 3.8) is 0 Å². The van der Waals surface area contributed by atoms with Gasteiger partial charge in [0.25, 0.3) is 0 Å². The predicted octanol–water partition coefficient (Wildman–Crippen LogP) is 2.98. The van der Waals surface area contributed by atoms with Crippen LogP contribution in [0.3, 0.4) is 0 Å². The molecule has 6 nitrogen and oxygen atoms in total. The highest BCUT2D eigenvalue weighted by molar-refractivity contribution is 5.97. The quantitative estimate of drug-likeness (QED) is 0.705. The first-order chi connectivity index (χ1) is 12.9. The lowest BCUT2D eigenvalue weighted by Gasteiger charge is -2.19. The molecule has 3 aromatic rings. The number of aromatic nitrogens is 3. The van der Waals surface area contributed by atoms with Gasteiger partial charge in [-0.2, -0.15) is 9.61 Å². The zero-order chi connectivity index (χ0) is 19.0. The minimum atomic E-state index is -0.916. The fourth-order valence-electron chi connectivity index (χ4n) is 3.54. The second-order valence-corrected chi connectivity index (χ2v) is 7.64. The molecule has 1 aliphatic rings. The molecule has 1 fully saturated rings. The molecule has 0 unspecified atom stereocenters. The Hall–Kier alpha value is -2.73. The highest BCUT2D eigenvalue weighted by Crippen LogP contribution is 2.23.